The van der Waals surface area contributed by atoms with E-state index in [0.29, 0.717) is 12.2 Å². The van der Waals surface area contributed by atoms with Crippen LogP contribution in [0, 0.1) is 0 Å². The van der Waals surface area contributed by atoms with E-state index in [2.05, 4.69) is 10.4 Å². The molecule has 1 fully saturated rings. The lowest BCUT2D eigenvalue weighted by molar-refractivity contribution is -0.137. The molecule has 1 N–H and O–H groups in total. The molecule has 1 heterocycles. The van der Waals surface area contributed by atoms with Crippen molar-refractivity contribution in [3.63, 3.8) is 0 Å². The lowest BCUT2D eigenvalue weighted by Crippen LogP contribution is -2.40. The number of rotatable bonds is 5. The fourth-order valence-corrected chi connectivity index (χ4v) is 3.94. The van der Waals surface area contributed by atoms with Crippen LogP contribution in [0.1, 0.15) is 24.8 Å². The highest BCUT2D eigenvalue weighted by Crippen LogP contribution is 2.42. The number of nitrogens with zero attached hydrogens (tertiary/aromatic N) is 2. The zero-order chi connectivity index (χ0) is 18.9. The summed E-state index contributed by atoms with van der Waals surface area (Å²) in [7, 11) is 0. The smallest absolute Gasteiger partial charge is 0.381 e. The lowest BCUT2D eigenvalue weighted by Gasteiger charge is -2.40. The summed E-state index contributed by atoms with van der Waals surface area (Å²) in [6.45, 7) is 0.655. The van der Waals surface area contributed by atoms with E-state index in [1.807, 2.05) is 6.26 Å². The number of hydrogen-bond donors (Lipinski definition) is 1. The summed E-state index contributed by atoms with van der Waals surface area (Å²) in [4.78, 5) is 12.5. The van der Waals surface area contributed by atoms with Gasteiger partial charge in [0, 0.05) is 11.3 Å². The number of nitrogens with one attached hydrogen (secondary N) is 1. The van der Waals surface area contributed by atoms with E-state index in [1.165, 1.54) is 24.8 Å². The Balaban J connectivity index is 1.87. The highest BCUT2D eigenvalue weighted by molar-refractivity contribution is 8.00. The van der Waals surface area contributed by atoms with E-state index < -0.39 is 17.3 Å². The fourth-order valence-electron chi connectivity index (χ4n) is 2.83. The zero-order valence-electron chi connectivity index (χ0n) is 13.9. The van der Waals surface area contributed by atoms with Gasteiger partial charge in [0.2, 0.25) is 0 Å². The quantitative estimate of drug-likeness (QED) is 0.792. The van der Waals surface area contributed by atoms with Gasteiger partial charge in [-0.05, 0) is 37.3 Å². The SMILES string of the molecule is CSC1(CNc2cnn(-c3cccc(C(F)(F)F)c3)c(=O)c2Cl)CCC1. The number of aromatic nitrogens is 2. The summed E-state index contributed by atoms with van der Waals surface area (Å²) < 4.78 is 39.6. The molecule has 0 atom stereocenters. The Bertz CT molecular complexity index is 860. The number of thioether (sulfide) groups is 1. The van der Waals surface area contributed by atoms with Crippen molar-refractivity contribution < 1.29 is 13.2 Å². The fraction of sp³-hybridized carbons (Fsp3) is 0.412. The van der Waals surface area contributed by atoms with E-state index in [4.69, 9.17) is 11.6 Å². The number of halogens is 4. The Labute approximate surface area is 157 Å². The monoisotopic (exact) mass is 403 g/mol. The summed E-state index contributed by atoms with van der Waals surface area (Å²) in [5.41, 5.74) is -1.12. The van der Waals surface area contributed by atoms with Crippen LogP contribution in [0.5, 0.6) is 0 Å². The van der Waals surface area contributed by atoms with Crippen LogP contribution in [0.4, 0.5) is 18.9 Å². The van der Waals surface area contributed by atoms with Crippen LogP contribution in [0.2, 0.25) is 5.02 Å². The van der Waals surface area contributed by atoms with Gasteiger partial charge in [0.15, 0.2) is 0 Å². The third kappa shape index (κ3) is 3.71. The summed E-state index contributed by atoms with van der Waals surface area (Å²) >= 11 is 7.92. The average Bonchev–Trinajstić information content (AvgIpc) is 2.57. The van der Waals surface area contributed by atoms with E-state index in [0.717, 1.165) is 29.7 Å². The molecule has 4 nitrogen and oxygen atoms in total. The molecule has 0 saturated heterocycles. The Hall–Kier alpha value is -1.67. The maximum absolute atomic E-state index is 12.9. The molecule has 0 aliphatic heterocycles. The van der Waals surface area contributed by atoms with Gasteiger partial charge in [0.25, 0.3) is 5.56 Å². The molecule has 0 radical (unpaired) electrons. The van der Waals surface area contributed by atoms with Gasteiger partial charge in [-0.2, -0.15) is 34.7 Å². The standard InChI is InChI=1S/C17H17ClF3N3OS/c1-26-16(6-3-7-16)10-22-13-9-23-24(15(25)14(13)18)12-5-2-4-11(8-12)17(19,20)21/h2,4-5,8-9,22H,3,6-7,10H2,1H3. The molecule has 0 spiro atoms. The molecular weight excluding hydrogens is 387 g/mol. The minimum atomic E-state index is -4.50. The number of hydrogen-bond acceptors (Lipinski definition) is 4. The molecule has 2 aromatic rings. The maximum Gasteiger partial charge on any atom is 0.416 e. The second kappa shape index (κ2) is 7.15. The van der Waals surface area contributed by atoms with Crippen LogP contribution >= 0.6 is 23.4 Å². The van der Waals surface area contributed by atoms with Gasteiger partial charge in [-0.1, -0.05) is 24.1 Å². The Morgan fingerprint density at radius 2 is 2.12 bits per heavy atom. The molecule has 3 rings (SSSR count). The lowest BCUT2D eigenvalue weighted by atomic mass is 9.84. The van der Waals surface area contributed by atoms with Crippen LogP contribution < -0.4 is 10.9 Å². The predicted molar refractivity (Wildman–Crippen MR) is 98.4 cm³/mol. The highest BCUT2D eigenvalue weighted by Gasteiger charge is 2.36. The first kappa shape index (κ1) is 19.1. The predicted octanol–water partition coefficient (Wildman–Crippen LogP) is 4.60. The second-order valence-corrected chi connectivity index (χ2v) is 7.88. The molecular formula is C17H17ClF3N3OS. The van der Waals surface area contributed by atoms with Crippen molar-refractivity contribution >= 4 is 29.1 Å². The topological polar surface area (TPSA) is 46.9 Å². The molecule has 1 aliphatic carbocycles. The van der Waals surface area contributed by atoms with Crippen LogP contribution in [-0.2, 0) is 6.18 Å². The van der Waals surface area contributed by atoms with Gasteiger partial charge in [0.1, 0.15) is 5.02 Å². The normalized spacial score (nSPS) is 16.2. The van der Waals surface area contributed by atoms with Crippen molar-refractivity contribution in [2.75, 3.05) is 18.1 Å². The van der Waals surface area contributed by atoms with Crippen molar-refractivity contribution in [2.45, 2.75) is 30.2 Å². The summed E-state index contributed by atoms with van der Waals surface area (Å²) in [5.74, 6) is 0. The number of benzene rings is 1. The van der Waals surface area contributed by atoms with Crippen LogP contribution in [-0.4, -0.2) is 27.3 Å². The molecule has 1 saturated carbocycles. The minimum Gasteiger partial charge on any atom is -0.381 e. The van der Waals surface area contributed by atoms with Crippen molar-refractivity contribution in [3.8, 4) is 5.69 Å². The molecule has 1 aromatic carbocycles. The summed E-state index contributed by atoms with van der Waals surface area (Å²) in [6.07, 6.45) is 2.27. The van der Waals surface area contributed by atoms with E-state index in [1.54, 1.807) is 11.8 Å². The van der Waals surface area contributed by atoms with E-state index >= 15 is 0 Å². The molecule has 140 valence electrons. The Kier molecular flexibility index (Phi) is 5.25. The molecule has 0 amide bonds. The first-order chi connectivity index (χ1) is 12.3. The summed E-state index contributed by atoms with van der Waals surface area (Å²) in [6, 6.07) is 4.41. The van der Waals surface area contributed by atoms with Gasteiger partial charge in [-0.3, -0.25) is 4.79 Å². The van der Waals surface area contributed by atoms with Gasteiger partial charge in [-0.15, -0.1) is 0 Å². The van der Waals surface area contributed by atoms with Crippen molar-refractivity contribution in [1.82, 2.24) is 9.78 Å². The van der Waals surface area contributed by atoms with E-state index in [9.17, 15) is 18.0 Å². The van der Waals surface area contributed by atoms with Gasteiger partial charge in [-0.25, -0.2) is 0 Å². The maximum atomic E-state index is 12.9. The second-order valence-electron chi connectivity index (χ2n) is 6.23. The van der Waals surface area contributed by atoms with Gasteiger partial charge >= 0.3 is 6.18 Å². The van der Waals surface area contributed by atoms with Crippen molar-refractivity contribution in [2.24, 2.45) is 0 Å². The first-order valence-electron chi connectivity index (χ1n) is 8.00. The van der Waals surface area contributed by atoms with Crippen molar-refractivity contribution in [3.05, 3.63) is 51.4 Å². The van der Waals surface area contributed by atoms with Crippen LogP contribution in [0.15, 0.2) is 35.3 Å². The number of anilines is 1. The minimum absolute atomic E-state index is 0.0119. The largest absolute Gasteiger partial charge is 0.416 e. The van der Waals surface area contributed by atoms with Crippen molar-refractivity contribution in [1.29, 1.82) is 0 Å². The molecule has 0 bridgehead atoms. The highest BCUT2D eigenvalue weighted by atomic mass is 35.5. The van der Waals surface area contributed by atoms with Gasteiger partial charge in [0.05, 0.1) is 23.1 Å². The number of alkyl halides is 3. The molecule has 1 aliphatic rings. The summed E-state index contributed by atoms with van der Waals surface area (Å²) in [5, 5.41) is 7.05. The van der Waals surface area contributed by atoms with E-state index in [-0.39, 0.29) is 15.5 Å². The Morgan fingerprint density at radius 1 is 1.38 bits per heavy atom. The van der Waals surface area contributed by atoms with Crippen LogP contribution in [0.3, 0.4) is 0 Å². The molecule has 0 unspecified atom stereocenters. The molecule has 9 heteroatoms. The Morgan fingerprint density at radius 3 is 2.69 bits per heavy atom. The zero-order valence-corrected chi connectivity index (χ0v) is 15.5. The third-order valence-electron chi connectivity index (χ3n) is 4.64. The molecule has 1 aromatic heterocycles. The van der Waals surface area contributed by atoms with Gasteiger partial charge < -0.3 is 5.32 Å². The first-order valence-corrected chi connectivity index (χ1v) is 9.60. The van der Waals surface area contributed by atoms with Crippen LogP contribution in [0.25, 0.3) is 5.69 Å². The molecule has 26 heavy (non-hydrogen) atoms. The third-order valence-corrected chi connectivity index (χ3v) is 6.42. The average molecular weight is 404 g/mol.